The van der Waals surface area contributed by atoms with Crippen LogP contribution >= 0.6 is 11.6 Å². The van der Waals surface area contributed by atoms with Crippen LogP contribution in [-0.2, 0) is 0 Å². The van der Waals surface area contributed by atoms with Crippen LogP contribution in [0.5, 0.6) is 0 Å². The van der Waals surface area contributed by atoms with Gasteiger partial charge in [-0.05, 0) is 17.7 Å². The van der Waals surface area contributed by atoms with E-state index in [-0.39, 0.29) is 0 Å². The molecule has 0 amide bonds. The highest BCUT2D eigenvalue weighted by Crippen LogP contribution is 2.30. The van der Waals surface area contributed by atoms with Gasteiger partial charge in [0, 0.05) is 16.1 Å². The Labute approximate surface area is 110 Å². The third-order valence-electron chi connectivity index (χ3n) is 2.84. The first-order valence-electron chi connectivity index (χ1n) is 5.69. The van der Waals surface area contributed by atoms with Crippen molar-refractivity contribution in [2.75, 3.05) is 0 Å². The highest BCUT2D eigenvalue weighted by molar-refractivity contribution is 6.30. The second-order valence-corrected chi connectivity index (χ2v) is 4.47. The molecule has 2 nitrogen and oxygen atoms in total. The number of H-pyrrole nitrogens is 1. The Balaban J connectivity index is 2.13. The Hall–Kier alpha value is -2.06. The van der Waals surface area contributed by atoms with E-state index in [0.29, 0.717) is 0 Å². The number of benzene rings is 2. The highest BCUT2D eigenvalue weighted by Gasteiger charge is 2.09. The van der Waals surface area contributed by atoms with Crippen LogP contribution in [0.1, 0.15) is 0 Å². The summed E-state index contributed by atoms with van der Waals surface area (Å²) in [7, 11) is 0. The van der Waals surface area contributed by atoms with Gasteiger partial charge < -0.3 is 0 Å². The summed E-state index contributed by atoms with van der Waals surface area (Å²) in [5.74, 6) is 0. The number of aromatic nitrogens is 2. The predicted molar refractivity (Wildman–Crippen MR) is 74.5 cm³/mol. The normalized spacial score (nSPS) is 10.5. The average Bonchev–Trinajstić information content (AvgIpc) is 2.89. The third-order valence-corrected chi connectivity index (χ3v) is 3.07. The second kappa shape index (κ2) is 4.67. The van der Waals surface area contributed by atoms with Crippen molar-refractivity contribution in [1.29, 1.82) is 0 Å². The first-order chi connectivity index (χ1) is 8.84. The molecule has 1 heterocycles. The van der Waals surface area contributed by atoms with Crippen molar-refractivity contribution in [2.24, 2.45) is 0 Å². The zero-order chi connectivity index (χ0) is 12.4. The summed E-state index contributed by atoms with van der Waals surface area (Å²) in [5, 5.41) is 7.91. The maximum atomic E-state index is 6.03. The van der Waals surface area contributed by atoms with Crippen LogP contribution in [0.3, 0.4) is 0 Å². The molecule has 0 spiro atoms. The van der Waals surface area contributed by atoms with Crippen molar-refractivity contribution in [3.05, 3.63) is 65.8 Å². The van der Waals surface area contributed by atoms with Crippen molar-refractivity contribution in [3.8, 4) is 22.4 Å². The highest BCUT2D eigenvalue weighted by atomic mass is 35.5. The van der Waals surface area contributed by atoms with Gasteiger partial charge in [-0.1, -0.05) is 54.1 Å². The Bertz CT molecular complexity index is 659. The van der Waals surface area contributed by atoms with Crippen LogP contribution in [0.4, 0.5) is 0 Å². The summed E-state index contributed by atoms with van der Waals surface area (Å²) in [6, 6.07) is 17.9. The fourth-order valence-electron chi connectivity index (χ4n) is 1.99. The summed E-state index contributed by atoms with van der Waals surface area (Å²) < 4.78 is 0. The molecule has 1 N–H and O–H groups in total. The predicted octanol–water partition coefficient (Wildman–Crippen LogP) is 4.40. The van der Waals surface area contributed by atoms with Crippen LogP contribution in [0.15, 0.2) is 60.8 Å². The van der Waals surface area contributed by atoms with Gasteiger partial charge in [0.15, 0.2) is 0 Å². The first kappa shape index (κ1) is 11.1. The molecule has 0 aliphatic rings. The molecule has 3 heteroatoms. The maximum absolute atomic E-state index is 6.03. The fourth-order valence-corrected chi connectivity index (χ4v) is 2.18. The molecule has 0 aliphatic heterocycles. The largest absolute Gasteiger partial charge is 0.277 e. The SMILES string of the molecule is Clc1cccc(-c2cn[nH]c2-c2ccccc2)c1. The molecular weight excluding hydrogens is 244 g/mol. The van der Waals surface area contributed by atoms with Crippen LogP contribution < -0.4 is 0 Å². The van der Waals surface area contributed by atoms with Gasteiger partial charge in [0.1, 0.15) is 0 Å². The van der Waals surface area contributed by atoms with Gasteiger partial charge in [0.05, 0.1) is 11.9 Å². The lowest BCUT2D eigenvalue weighted by Gasteiger charge is -2.03. The Morgan fingerprint density at radius 3 is 2.44 bits per heavy atom. The molecule has 2 aromatic carbocycles. The lowest BCUT2D eigenvalue weighted by Crippen LogP contribution is -1.82. The Morgan fingerprint density at radius 2 is 1.67 bits per heavy atom. The monoisotopic (exact) mass is 254 g/mol. The Morgan fingerprint density at radius 1 is 0.889 bits per heavy atom. The van der Waals surface area contributed by atoms with Crippen LogP contribution in [0.2, 0.25) is 5.02 Å². The lowest BCUT2D eigenvalue weighted by atomic mass is 10.0. The average molecular weight is 255 g/mol. The van der Waals surface area contributed by atoms with Crippen molar-refractivity contribution in [3.63, 3.8) is 0 Å². The Kier molecular flexibility index (Phi) is 2.87. The van der Waals surface area contributed by atoms with Crippen molar-refractivity contribution < 1.29 is 0 Å². The standard InChI is InChI=1S/C15H11ClN2/c16-13-8-4-7-12(9-13)14-10-17-18-15(14)11-5-2-1-3-6-11/h1-10H,(H,17,18). The molecule has 18 heavy (non-hydrogen) atoms. The van der Waals surface area contributed by atoms with Crippen molar-refractivity contribution in [1.82, 2.24) is 10.2 Å². The molecule has 0 atom stereocenters. The molecule has 0 unspecified atom stereocenters. The fraction of sp³-hybridized carbons (Fsp3) is 0. The minimum absolute atomic E-state index is 0.729. The maximum Gasteiger partial charge on any atom is 0.0728 e. The van der Waals surface area contributed by atoms with E-state index in [0.717, 1.165) is 27.4 Å². The molecule has 3 rings (SSSR count). The molecule has 1 aromatic heterocycles. The third kappa shape index (κ3) is 2.03. The van der Waals surface area contributed by atoms with Gasteiger partial charge >= 0.3 is 0 Å². The second-order valence-electron chi connectivity index (χ2n) is 4.04. The smallest absolute Gasteiger partial charge is 0.0728 e. The first-order valence-corrected chi connectivity index (χ1v) is 6.07. The molecule has 3 aromatic rings. The van der Waals surface area contributed by atoms with Crippen LogP contribution in [-0.4, -0.2) is 10.2 Å². The van der Waals surface area contributed by atoms with E-state index in [1.54, 1.807) is 0 Å². The van der Waals surface area contributed by atoms with Gasteiger partial charge in [-0.15, -0.1) is 0 Å². The number of aromatic amines is 1. The molecule has 0 fully saturated rings. The van der Waals surface area contributed by atoms with E-state index in [9.17, 15) is 0 Å². The topological polar surface area (TPSA) is 28.7 Å². The van der Waals surface area contributed by atoms with Crippen molar-refractivity contribution >= 4 is 11.6 Å². The summed E-state index contributed by atoms with van der Waals surface area (Å²) >= 11 is 6.03. The molecule has 0 radical (unpaired) electrons. The number of hydrogen-bond acceptors (Lipinski definition) is 1. The summed E-state index contributed by atoms with van der Waals surface area (Å²) in [6.45, 7) is 0. The molecule has 88 valence electrons. The van der Waals surface area contributed by atoms with Crippen molar-refractivity contribution in [2.45, 2.75) is 0 Å². The molecule has 0 bridgehead atoms. The number of hydrogen-bond donors (Lipinski definition) is 1. The minimum atomic E-state index is 0.729. The number of nitrogens with one attached hydrogen (secondary N) is 1. The van der Waals surface area contributed by atoms with Gasteiger partial charge in [0.2, 0.25) is 0 Å². The zero-order valence-electron chi connectivity index (χ0n) is 9.60. The number of rotatable bonds is 2. The van der Waals surface area contributed by atoms with Crippen LogP contribution in [0, 0.1) is 0 Å². The van der Waals surface area contributed by atoms with E-state index in [1.807, 2.05) is 48.7 Å². The van der Waals surface area contributed by atoms with E-state index in [1.165, 1.54) is 0 Å². The number of nitrogens with zero attached hydrogens (tertiary/aromatic N) is 1. The summed E-state index contributed by atoms with van der Waals surface area (Å²) in [4.78, 5) is 0. The lowest BCUT2D eigenvalue weighted by molar-refractivity contribution is 1.10. The minimum Gasteiger partial charge on any atom is -0.277 e. The van der Waals surface area contributed by atoms with Gasteiger partial charge in [-0.3, -0.25) is 5.10 Å². The van der Waals surface area contributed by atoms with Gasteiger partial charge in [0.25, 0.3) is 0 Å². The molecule has 0 saturated carbocycles. The summed E-state index contributed by atoms with van der Waals surface area (Å²) in [6.07, 6.45) is 1.83. The number of halogens is 1. The summed E-state index contributed by atoms with van der Waals surface area (Å²) in [5.41, 5.74) is 4.25. The van der Waals surface area contributed by atoms with Crippen LogP contribution in [0.25, 0.3) is 22.4 Å². The van der Waals surface area contributed by atoms with Gasteiger partial charge in [-0.25, -0.2) is 0 Å². The molecule has 0 aliphatic carbocycles. The zero-order valence-corrected chi connectivity index (χ0v) is 10.4. The van der Waals surface area contributed by atoms with E-state index in [4.69, 9.17) is 11.6 Å². The van der Waals surface area contributed by atoms with E-state index >= 15 is 0 Å². The van der Waals surface area contributed by atoms with E-state index in [2.05, 4.69) is 22.3 Å². The quantitative estimate of drug-likeness (QED) is 0.722. The van der Waals surface area contributed by atoms with Gasteiger partial charge in [-0.2, -0.15) is 5.10 Å². The molecular formula is C15H11ClN2. The van der Waals surface area contributed by atoms with E-state index < -0.39 is 0 Å². The molecule has 0 saturated heterocycles.